The Morgan fingerprint density at radius 2 is 2.12 bits per heavy atom. The number of rotatable bonds is 4. The smallest absolute Gasteiger partial charge is 0.126 e. The Morgan fingerprint density at radius 3 is 2.69 bits per heavy atom. The Balaban J connectivity index is 2.89. The fraction of sp³-hybridized carbons (Fsp3) is 0.417. The summed E-state index contributed by atoms with van der Waals surface area (Å²) < 4.78 is 13.1. The van der Waals surface area contributed by atoms with Crippen LogP contribution in [0.2, 0.25) is 0 Å². The van der Waals surface area contributed by atoms with Crippen molar-refractivity contribution in [1.29, 1.82) is 5.26 Å². The molecule has 0 bridgehead atoms. The van der Waals surface area contributed by atoms with Crippen molar-refractivity contribution in [3.8, 4) is 6.07 Å². The molecular weight excluding hydrogens is 207 g/mol. The Morgan fingerprint density at radius 1 is 1.44 bits per heavy atom. The van der Waals surface area contributed by atoms with Gasteiger partial charge in [-0.3, -0.25) is 0 Å². The molecule has 0 aliphatic rings. The maximum absolute atomic E-state index is 13.1. The molecule has 0 aliphatic carbocycles. The molecule has 0 saturated carbocycles. The van der Waals surface area contributed by atoms with E-state index in [1.807, 2.05) is 19.9 Å². The van der Waals surface area contributed by atoms with Crippen LogP contribution in [0.5, 0.6) is 0 Å². The first kappa shape index (κ1) is 12.5. The maximum Gasteiger partial charge on any atom is 0.126 e. The maximum atomic E-state index is 13.1. The van der Waals surface area contributed by atoms with E-state index in [2.05, 4.69) is 5.32 Å². The molecule has 16 heavy (non-hydrogen) atoms. The van der Waals surface area contributed by atoms with Crippen LogP contribution in [0.3, 0.4) is 0 Å². The zero-order chi connectivity index (χ0) is 12.2. The molecule has 0 amide bonds. The van der Waals surface area contributed by atoms with Crippen LogP contribution in [0.1, 0.15) is 25.8 Å². The highest BCUT2D eigenvalue weighted by molar-refractivity contribution is 5.51. The second-order valence-corrected chi connectivity index (χ2v) is 4.32. The summed E-state index contributed by atoms with van der Waals surface area (Å²) in [6.07, 6.45) is 0.547. The standard InChI is InChI=1S/C12H15FN2O/c1-12(2,3-4-16)15-11-6-9(8-14)5-10(13)7-11/h5-7,15-16H,3-4H2,1-2H3. The second-order valence-electron chi connectivity index (χ2n) is 4.32. The largest absolute Gasteiger partial charge is 0.396 e. The van der Waals surface area contributed by atoms with Crippen molar-refractivity contribution in [3.63, 3.8) is 0 Å². The van der Waals surface area contributed by atoms with E-state index in [0.717, 1.165) is 0 Å². The zero-order valence-corrected chi connectivity index (χ0v) is 9.42. The van der Waals surface area contributed by atoms with Crippen molar-refractivity contribution in [3.05, 3.63) is 29.6 Å². The van der Waals surface area contributed by atoms with Crippen molar-refractivity contribution < 1.29 is 9.50 Å². The van der Waals surface area contributed by atoms with Gasteiger partial charge in [0.25, 0.3) is 0 Å². The lowest BCUT2D eigenvalue weighted by Crippen LogP contribution is -2.31. The molecule has 3 nitrogen and oxygen atoms in total. The van der Waals surface area contributed by atoms with Gasteiger partial charge in [-0.15, -0.1) is 0 Å². The number of nitrogens with one attached hydrogen (secondary N) is 1. The number of benzene rings is 1. The summed E-state index contributed by atoms with van der Waals surface area (Å²) in [7, 11) is 0. The minimum atomic E-state index is -0.443. The number of anilines is 1. The van der Waals surface area contributed by atoms with Gasteiger partial charge in [0.1, 0.15) is 5.82 Å². The number of halogens is 1. The van der Waals surface area contributed by atoms with Gasteiger partial charge < -0.3 is 10.4 Å². The third kappa shape index (κ3) is 3.52. The van der Waals surface area contributed by atoms with Crippen molar-refractivity contribution >= 4 is 5.69 Å². The molecule has 0 fully saturated rings. The average Bonchev–Trinajstić information content (AvgIpc) is 2.15. The summed E-state index contributed by atoms with van der Waals surface area (Å²) in [5.74, 6) is -0.443. The molecule has 1 aromatic rings. The number of nitrogens with zero attached hydrogens (tertiary/aromatic N) is 1. The summed E-state index contributed by atoms with van der Waals surface area (Å²) in [6.45, 7) is 3.86. The minimum absolute atomic E-state index is 0.0560. The van der Waals surface area contributed by atoms with Crippen molar-refractivity contribution in [2.75, 3.05) is 11.9 Å². The van der Waals surface area contributed by atoms with Crippen LogP contribution < -0.4 is 5.32 Å². The number of nitriles is 1. The molecule has 0 unspecified atom stereocenters. The predicted molar refractivity (Wildman–Crippen MR) is 60.5 cm³/mol. The van der Waals surface area contributed by atoms with E-state index in [1.165, 1.54) is 12.1 Å². The number of aliphatic hydroxyl groups excluding tert-OH is 1. The molecule has 0 radical (unpaired) electrons. The van der Waals surface area contributed by atoms with Gasteiger partial charge in [-0.2, -0.15) is 5.26 Å². The summed E-state index contributed by atoms with van der Waals surface area (Å²) in [5.41, 5.74) is 0.493. The van der Waals surface area contributed by atoms with Gasteiger partial charge in [0.05, 0.1) is 11.6 Å². The third-order valence-electron chi connectivity index (χ3n) is 2.25. The van der Waals surface area contributed by atoms with E-state index in [-0.39, 0.29) is 17.7 Å². The van der Waals surface area contributed by atoms with E-state index in [4.69, 9.17) is 10.4 Å². The monoisotopic (exact) mass is 222 g/mol. The topological polar surface area (TPSA) is 56.0 Å². The lowest BCUT2D eigenvalue weighted by atomic mass is 10.0. The predicted octanol–water partition coefficient (Wildman–Crippen LogP) is 2.27. The van der Waals surface area contributed by atoms with E-state index in [0.29, 0.717) is 12.1 Å². The average molecular weight is 222 g/mol. The van der Waals surface area contributed by atoms with Gasteiger partial charge >= 0.3 is 0 Å². The molecule has 1 rings (SSSR count). The molecule has 0 spiro atoms. The molecular formula is C12H15FN2O. The zero-order valence-electron chi connectivity index (χ0n) is 9.42. The molecule has 1 aromatic carbocycles. The number of hydrogen-bond acceptors (Lipinski definition) is 3. The van der Waals surface area contributed by atoms with E-state index in [9.17, 15) is 4.39 Å². The van der Waals surface area contributed by atoms with Crippen molar-refractivity contribution in [2.45, 2.75) is 25.8 Å². The Kier molecular flexibility index (Phi) is 3.86. The van der Waals surface area contributed by atoms with Crippen LogP contribution in [-0.2, 0) is 0 Å². The molecule has 0 saturated heterocycles. The normalized spacial score (nSPS) is 10.9. The van der Waals surface area contributed by atoms with Crippen LogP contribution in [0.4, 0.5) is 10.1 Å². The highest BCUT2D eigenvalue weighted by Crippen LogP contribution is 2.20. The van der Waals surface area contributed by atoms with Gasteiger partial charge in [-0.05, 0) is 38.5 Å². The van der Waals surface area contributed by atoms with Crippen molar-refractivity contribution in [2.24, 2.45) is 0 Å². The van der Waals surface area contributed by atoms with Crippen LogP contribution >= 0.6 is 0 Å². The minimum Gasteiger partial charge on any atom is -0.396 e. The van der Waals surface area contributed by atoms with Crippen LogP contribution in [0.15, 0.2) is 18.2 Å². The number of hydrogen-bond donors (Lipinski definition) is 2. The molecule has 0 aliphatic heterocycles. The summed E-state index contributed by atoms with van der Waals surface area (Å²) in [4.78, 5) is 0. The molecule has 0 heterocycles. The Labute approximate surface area is 94.5 Å². The summed E-state index contributed by atoms with van der Waals surface area (Å²) in [6, 6.07) is 6.00. The second kappa shape index (κ2) is 4.95. The highest BCUT2D eigenvalue weighted by Gasteiger charge is 2.16. The first-order valence-corrected chi connectivity index (χ1v) is 5.06. The van der Waals surface area contributed by atoms with Crippen molar-refractivity contribution in [1.82, 2.24) is 0 Å². The summed E-state index contributed by atoms with van der Waals surface area (Å²) in [5, 5.41) is 20.7. The summed E-state index contributed by atoms with van der Waals surface area (Å²) >= 11 is 0. The van der Waals surface area contributed by atoms with E-state index < -0.39 is 5.82 Å². The molecule has 4 heteroatoms. The fourth-order valence-corrected chi connectivity index (χ4v) is 1.46. The lowest BCUT2D eigenvalue weighted by Gasteiger charge is -2.26. The van der Waals surface area contributed by atoms with Crippen LogP contribution in [0, 0.1) is 17.1 Å². The van der Waals surface area contributed by atoms with Gasteiger partial charge in [-0.25, -0.2) is 4.39 Å². The van der Waals surface area contributed by atoms with Gasteiger partial charge in [0.2, 0.25) is 0 Å². The van der Waals surface area contributed by atoms with Crippen LogP contribution in [-0.4, -0.2) is 17.3 Å². The SMILES string of the molecule is CC(C)(CCO)Nc1cc(F)cc(C#N)c1. The van der Waals surface area contributed by atoms with E-state index in [1.54, 1.807) is 6.07 Å². The Bertz CT molecular complexity index is 410. The molecule has 0 aromatic heterocycles. The number of aliphatic hydroxyl groups is 1. The first-order valence-electron chi connectivity index (χ1n) is 5.06. The molecule has 0 atom stereocenters. The van der Waals surface area contributed by atoms with Gasteiger partial charge in [-0.1, -0.05) is 0 Å². The highest BCUT2D eigenvalue weighted by atomic mass is 19.1. The molecule has 86 valence electrons. The van der Waals surface area contributed by atoms with Crippen LogP contribution in [0.25, 0.3) is 0 Å². The Hall–Kier alpha value is -1.60. The lowest BCUT2D eigenvalue weighted by molar-refractivity contribution is 0.261. The van der Waals surface area contributed by atoms with E-state index >= 15 is 0 Å². The third-order valence-corrected chi connectivity index (χ3v) is 2.25. The quantitative estimate of drug-likeness (QED) is 0.821. The molecule has 2 N–H and O–H groups in total. The van der Waals surface area contributed by atoms with Gasteiger partial charge in [0.15, 0.2) is 0 Å². The first-order chi connectivity index (χ1) is 7.46. The van der Waals surface area contributed by atoms with Gasteiger partial charge in [0, 0.05) is 17.8 Å². The fourth-order valence-electron chi connectivity index (χ4n) is 1.46.